The quantitative estimate of drug-likeness (QED) is 0.148. The molecule has 0 radical (unpaired) electrons. The zero-order valence-corrected chi connectivity index (χ0v) is 36.7. The van der Waals surface area contributed by atoms with Gasteiger partial charge in [0, 0.05) is 57.5 Å². The van der Waals surface area contributed by atoms with Gasteiger partial charge in [-0.15, -0.1) is 0 Å². The van der Waals surface area contributed by atoms with Gasteiger partial charge in [0.1, 0.15) is 29.4 Å². The molecular formula is C39H61N9O5S2. The van der Waals surface area contributed by atoms with Crippen molar-refractivity contribution in [2.45, 2.75) is 133 Å². The summed E-state index contributed by atoms with van der Waals surface area (Å²) in [6.07, 6.45) is 4.53. The van der Waals surface area contributed by atoms with Crippen LogP contribution in [0.25, 0.3) is 0 Å². The highest BCUT2D eigenvalue weighted by Crippen LogP contribution is 2.19. The van der Waals surface area contributed by atoms with Crippen LogP contribution >= 0.6 is 23.3 Å². The summed E-state index contributed by atoms with van der Waals surface area (Å²) in [5.41, 5.74) is 6.88. The van der Waals surface area contributed by atoms with E-state index in [9.17, 15) is 9.59 Å². The predicted octanol–water partition coefficient (Wildman–Crippen LogP) is 9.68. The molecule has 16 heteroatoms. The number of aliphatic imine (C=N–C) groups is 1. The maximum Gasteiger partial charge on any atom is 0.281 e. The Morgan fingerprint density at radius 3 is 1.71 bits per heavy atom. The van der Waals surface area contributed by atoms with Crippen molar-refractivity contribution >= 4 is 29.1 Å². The van der Waals surface area contributed by atoms with Crippen molar-refractivity contribution in [3.05, 3.63) is 109 Å². The van der Waals surface area contributed by atoms with Crippen LogP contribution in [0.15, 0.2) is 67.0 Å². The standard InChI is InChI=1S/C9H12O2.C7H11NO.C7H11NS.C6H10N2O.C5H9N3.C5H8N2OS/c1-6(2)8-5-11-4-7(3)9(8)10;2*1-5(2)7-4-6(3)8-9-7;1-4(2)6-7-5(3)9-8-6;1-4(2)5-6-3-7-8-5;1-3(2)4-5(8)7-9-6-4/h4-6H,1-3H3;2*4-5H,1-3H3;4H,3H2,1-2H3,(H,7,8);3-4H,1-2H3,(H,6,7,8);3H,1-2H3,(H,7,8). The van der Waals surface area contributed by atoms with Gasteiger partial charge in [-0.3, -0.25) is 19.1 Å². The van der Waals surface area contributed by atoms with E-state index in [1.807, 2.05) is 61.5 Å². The van der Waals surface area contributed by atoms with Crippen molar-refractivity contribution in [1.29, 1.82) is 0 Å². The van der Waals surface area contributed by atoms with Crippen molar-refractivity contribution in [3.8, 4) is 0 Å². The molecule has 6 rings (SSSR count). The molecule has 0 saturated carbocycles. The number of rotatable bonds is 6. The fraction of sp³-hybridized carbons (Fsp3) is 0.538. The van der Waals surface area contributed by atoms with Gasteiger partial charge in [-0.2, -0.15) is 18.8 Å². The fourth-order valence-corrected chi connectivity index (χ4v) is 5.22. The van der Waals surface area contributed by atoms with E-state index in [1.54, 1.807) is 18.5 Å². The molecule has 1 aliphatic heterocycles. The van der Waals surface area contributed by atoms with Crippen LogP contribution in [-0.4, -0.2) is 39.3 Å². The van der Waals surface area contributed by atoms with Gasteiger partial charge in [0.25, 0.3) is 5.56 Å². The molecule has 55 heavy (non-hydrogen) atoms. The lowest BCUT2D eigenvalue weighted by Crippen LogP contribution is -2.21. The zero-order valence-electron chi connectivity index (χ0n) is 35.1. The number of aryl methyl sites for hydroxylation is 3. The van der Waals surface area contributed by atoms with E-state index in [2.05, 4.69) is 98.1 Å². The Bertz CT molecular complexity index is 1900. The predicted molar refractivity (Wildman–Crippen MR) is 223 cm³/mol. The number of H-pyrrole nitrogens is 2. The van der Waals surface area contributed by atoms with Gasteiger partial charge < -0.3 is 13.8 Å². The number of nitrogens with zero attached hydrogens (tertiary/aromatic N) is 6. The Morgan fingerprint density at radius 1 is 0.764 bits per heavy atom. The highest BCUT2D eigenvalue weighted by atomic mass is 32.1. The van der Waals surface area contributed by atoms with E-state index in [1.165, 1.54) is 23.7 Å². The number of hydroxylamine groups is 1. The van der Waals surface area contributed by atoms with Crippen LogP contribution in [-0.2, 0) is 4.84 Å². The van der Waals surface area contributed by atoms with E-state index in [0.29, 0.717) is 40.8 Å². The summed E-state index contributed by atoms with van der Waals surface area (Å²) in [7, 11) is 0. The topological polar surface area (TPSA) is 190 Å². The zero-order chi connectivity index (χ0) is 41.8. The van der Waals surface area contributed by atoms with Gasteiger partial charge in [0.15, 0.2) is 5.43 Å². The molecule has 0 spiro atoms. The summed E-state index contributed by atoms with van der Waals surface area (Å²) in [4.78, 5) is 36.2. The molecule has 0 unspecified atom stereocenters. The van der Waals surface area contributed by atoms with Crippen molar-refractivity contribution in [1.82, 2.24) is 38.9 Å². The summed E-state index contributed by atoms with van der Waals surface area (Å²) >= 11 is 2.71. The van der Waals surface area contributed by atoms with E-state index in [4.69, 9.17) is 13.8 Å². The molecule has 0 fully saturated rings. The maximum absolute atomic E-state index is 11.4. The number of aromatic amines is 2. The second-order valence-electron chi connectivity index (χ2n) is 14.5. The van der Waals surface area contributed by atoms with Gasteiger partial charge >= 0.3 is 0 Å². The Hall–Kier alpha value is -4.70. The lowest BCUT2D eigenvalue weighted by atomic mass is 10.0. The minimum absolute atomic E-state index is 0.0463. The average molecular weight is 800 g/mol. The molecule has 3 N–H and O–H groups in total. The van der Waals surface area contributed by atoms with Crippen molar-refractivity contribution in [2.24, 2.45) is 10.9 Å². The first kappa shape index (κ1) is 48.3. The van der Waals surface area contributed by atoms with Crippen LogP contribution in [0, 0.1) is 26.7 Å². The van der Waals surface area contributed by atoms with Gasteiger partial charge in [-0.25, -0.2) is 10.5 Å². The monoisotopic (exact) mass is 799 g/mol. The second kappa shape index (κ2) is 24.7. The molecule has 0 atom stereocenters. The van der Waals surface area contributed by atoms with Crippen LogP contribution in [0.2, 0.25) is 0 Å². The van der Waals surface area contributed by atoms with E-state index < -0.39 is 0 Å². The number of hydrogen-bond acceptors (Lipinski definition) is 14. The van der Waals surface area contributed by atoms with Crippen molar-refractivity contribution in [3.63, 3.8) is 0 Å². The van der Waals surface area contributed by atoms with Crippen molar-refractivity contribution < 1.29 is 13.8 Å². The Morgan fingerprint density at radius 2 is 1.44 bits per heavy atom. The minimum atomic E-state index is -0.0463. The molecule has 1 aliphatic rings. The van der Waals surface area contributed by atoms with Crippen LogP contribution in [0.5, 0.6) is 0 Å². The summed E-state index contributed by atoms with van der Waals surface area (Å²) in [5.74, 6) is 5.60. The normalized spacial score (nSPS) is 11.7. The molecule has 5 aromatic rings. The highest BCUT2D eigenvalue weighted by molar-refractivity contribution is 7.05. The van der Waals surface area contributed by atoms with Gasteiger partial charge in [-0.05, 0) is 56.8 Å². The Labute approximate surface area is 333 Å². The molecule has 0 amide bonds. The molecular weight excluding hydrogens is 739 g/mol. The fourth-order valence-electron chi connectivity index (χ4n) is 3.86. The van der Waals surface area contributed by atoms with E-state index in [-0.39, 0.29) is 22.8 Å². The lowest BCUT2D eigenvalue weighted by Gasteiger charge is -2.02. The number of aromatic nitrogens is 7. The average Bonchev–Trinajstić information content (AvgIpc) is 3.95. The maximum atomic E-state index is 11.4. The number of hydrogen-bond donors (Lipinski definition) is 3. The summed E-state index contributed by atoms with van der Waals surface area (Å²) in [5, 5.41) is 10.2. The molecule has 14 nitrogen and oxygen atoms in total. The van der Waals surface area contributed by atoms with Gasteiger partial charge in [-0.1, -0.05) is 88.2 Å². The summed E-state index contributed by atoms with van der Waals surface area (Å²) < 4.78 is 20.6. The third-order valence-corrected chi connectivity index (χ3v) is 8.96. The molecule has 5 aromatic heterocycles. The van der Waals surface area contributed by atoms with Gasteiger partial charge in [0.05, 0.1) is 23.9 Å². The number of nitrogens with one attached hydrogen (secondary N) is 3. The minimum Gasteiger partial charge on any atom is -0.472 e. The van der Waals surface area contributed by atoms with Crippen LogP contribution in [0.3, 0.4) is 0 Å². The second-order valence-corrected chi connectivity index (χ2v) is 15.9. The Balaban J connectivity index is 0.000000331. The molecule has 0 saturated heterocycles. The van der Waals surface area contributed by atoms with E-state index in [0.717, 1.165) is 46.1 Å². The molecule has 6 heterocycles. The molecule has 0 aliphatic carbocycles. The Kier molecular flexibility index (Phi) is 21.7. The van der Waals surface area contributed by atoms with Crippen LogP contribution in [0.4, 0.5) is 0 Å². The first-order valence-electron chi connectivity index (χ1n) is 18.3. The third-order valence-electron chi connectivity index (χ3n) is 7.22. The summed E-state index contributed by atoms with van der Waals surface area (Å²) in [6, 6.07) is 4.11. The first-order valence-corrected chi connectivity index (χ1v) is 19.8. The summed E-state index contributed by atoms with van der Waals surface area (Å²) in [6.45, 7) is 33.8. The molecule has 304 valence electrons. The third kappa shape index (κ3) is 18.5. The first-order chi connectivity index (χ1) is 25.7. The van der Waals surface area contributed by atoms with Crippen LogP contribution in [0.1, 0.15) is 157 Å². The highest BCUT2D eigenvalue weighted by Gasteiger charge is 2.12. The van der Waals surface area contributed by atoms with Crippen LogP contribution < -0.4 is 16.5 Å². The van der Waals surface area contributed by atoms with Crippen molar-refractivity contribution in [2.75, 3.05) is 0 Å². The molecule has 0 bridgehead atoms. The largest absolute Gasteiger partial charge is 0.472 e. The lowest BCUT2D eigenvalue weighted by molar-refractivity contribution is 0.176. The van der Waals surface area contributed by atoms with E-state index >= 15 is 0 Å². The smallest absolute Gasteiger partial charge is 0.281 e. The van der Waals surface area contributed by atoms with Gasteiger partial charge in [0.2, 0.25) is 5.88 Å². The SMILES string of the molecule is C=C1N=C(C(C)C)NO1.CC(C)c1ncn[nH]1.CC(C)c1ns[nH]c1=O.Cc1cc(C(C)C)on1.Cc1cc(C(C)C)sn1.Cc1cocc(C(C)C)c1=O. The number of amidine groups is 1. The molecule has 0 aromatic carbocycles.